The first kappa shape index (κ1) is 26.2. The number of hydrogen-bond acceptors (Lipinski definition) is 5. The van der Waals surface area contributed by atoms with Crippen molar-refractivity contribution in [3.63, 3.8) is 0 Å². The number of fused-ring (bicyclic) bond motifs is 1. The molecular formula is C28H35N3O4. The molecule has 1 N–H and O–H groups in total. The van der Waals surface area contributed by atoms with Crippen molar-refractivity contribution in [2.45, 2.75) is 46.3 Å². The van der Waals surface area contributed by atoms with E-state index in [0.717, 1.165) is 6.42 Å². The van der Waals surface area contributed by atoms with Crippen molar-refractivity contribution in [2.24, 2.45) is 11.8 Å². The molecule has 3 atom stereocenters. The second kappa shape index (κ2) is 11.9. The third-order valence-electron chi connectivity index (χ3n) is 6.09. The van der Waals surface area contributed by atoms with Crippen LogP contribution in [-0.4, -0.2) is 70.6 Å². The third kappa shape index (κ3) is 6.61. The van der Waals surface area contributed by atoms with Crippen molar-refractivity contribution in [3.05, 3.63) is 59.3 Å². The van der Waals surface area contributed by atoms with Crippen LogP contribution in [0.4, 0.5) is 0 Å². The summed E-state index contributed by atoms with van der Waals surface area (Å²) >= 11 is 0. The minimum Gasteiger partial charge on any atom is -0.472 e. The number of ether oxygens (including phenoxy) is 1. The van der Waals surface area contributed by atoms with Gasteiger partial charge in [0.2, 0.25) is 5.88 Å². The quantitative estimate of drug-likeness (QED) is 0.644. The van der Waals surface area contributed by atoms with Gasteiger partial charge < -0.3 is 19.6 Å². The van der Waals surface area contributed by atoms with Crippen molar-refractivity contribution < 1.29 is 19.4 Å². The lowest BCUT2D eigenvalue weighted by molar-refractivity contribution is 0.0313. The van der Waals surface area contributed by atoms with Crippen LogP contribution in [0.15, 0.2) is 42.6 Å². The second-order valence-electron chi connectivity index (χ2n) is 9.65. The molecule has 35 heavy (non-hydrogen) atoms. The maximum atomic E-state index is 13.5. The van der Waals surface area contributed by atoms with Crippen LogP contribution in [0.5, 0.6) is 5.88 Å². The highest BCUT2D eigenvalue weighted by Crippen LogP contribution is 2.27. The Hall–Kier alpha value is -3.37. The third-order valence-corrected chi connectivity index (χ3v) is 6.09. The topological polar surface area (TPSA) is 83.0 Å². The number of benzene rings is 1. The zero-order valence-corrected chi connectivity index (χ0v) is 21.2. The van der Waals surface area contributed by atoms with E-state index in [-0.39, 0.29) is 36.3 Å². The van der Waals surface area contributed by atoms with Gasteiger partial charge in [0.15, 0.2) is 0 Å². The average Bonchev–Trinajstić information content (AvgIpc) is 2.85. The predicted octanol–water partition coefficient (Wildman–Crippen LogP) is 3.47. The van der Waals surface area contributed by atoms with Crippen LogP contribution in [0.1, 0.15) is 60.4 Å². The molecule has 186 valence electrons. The number of hydrogen-bond donors (Lipinski definition) is 1. The smallest absolute Gasteiger partial charge is 0.259 e. The number of aliphatic hydroxyl groups excluding tert-OH is 1. The molecule has 2 heterocycles. The van der Waals surface area contributed by atoms with Crippen molar-refractivity contribution in [1.29, 1.82) is 0 Å². The van der Waals surface area contributed by atoms with Gasteiger partial charge in [-0.2, -0.15) is 0 Å². The minimum absolute atomic E-state index is 0.107. The zero-order chi connectivity index (χ0) is 25.5. The van der Waals surface area contributed by atoms with E-state index < -0.39 is 6.10 Å². The fourth-order valence-electron chi connectivity index (χ4n) is 3.90. The molecule has 1 aromatic carbocycles. The fraction of sp³-hybridized carbons (Fsp3) is 0.464. The van der Waals surface area contributed by atoms with Gasteiger partial charge in [0.25, 0.3) is 11.8 Å². The van der Waals surface area contributed by atoms with E-state index >= 15 is 0 Å². The Morgan fingerprint density at radius 2 is 2.00 bits per heavy atom. The molecule has 1 aromatic heterocycles. The van der Waals surface area contributed by atoms with E-state index in [1.165, 1.54) is 0 Å². The minimum atomic E-state index is -0.404. The summed E-state index contributed by atoms with van der Waals surface area (Å²) in [6, 6.07) is 10.4. The van der Waals surface area contributed by atoms with Crippen molar-refractivity contribution >= 4 is 11.8 Å². The number of aromatic nitrogens is 1. The molecule has 0 unspecified atom stereocenters. The van der Waals surface area contributed by atoms with E-state index in [4.69, 9.17) is 4.74 Å². The molecule has 1 aliphatic heterocycles. The van der Waals surface area contributed by atoms with Crippen LogP contribution in [0.3, 0.4) is 0 Å². The second-order valence-corrected chi connectivity index (χ2v) is 9.65. The first-order chi connectivity index (χ1) is 16.7. The molecule has 0 saturated heterocycles. The maximum Gasteiger partial charge on any atom is 0.259 e. The van der Waals surface area contributed by atoms with E-state index in [1.807, 2.05) is 32.0 Å². The van der Waals surface area contributed by atoms with E-state index in [9.17, 15) is 14.7 Å². The molecule has 7 heteroatoms. The summed E-state index contributed by atoms with van der Waals surface area (Å²) in [5, 5.41) is 9.82. The van der Waals surface area contributed by atoms with Gasteiger partial charge in [-0.1, -0.05) is 50.8 Å². The SMILES string of the molecule is CC(C)CC#Cc1cnc2c(c1)C(=O)N([C@H](C)CO)C[C@@H](C)[C@H](CN(C)C(=O)c1ccccc1)O2. The number of amides is 2. The van der Waals surface area contributed by atoms with Crippen LogP contribution in [0.25, 0.3) is 0 Å². The highest BCUT2D eigenvalue weighted by Gasteiger charge is 2.34. The fourth-order valence-corrected chi connectivity index (χ4v) is 3.90. The summed E-state index contributed by atoms with van der Waals surface area (Å²) in [7, 11) is 1.74. The summed E-state index contributed by atoms with van der Waals surface area (Å²) < 4.78 is 6.27. The number of pyridine rings is 1. The molecule has 0 aliphatic carbocycles. The Bertz CT molecular complexity index is 1090. The molecule has 7 nitrogen and oxygen atoms in total. The maximum absolute atomic E-state index is 13.5. The van der Waals surface area contributed by atoms with Crippen molar-refractivity contribution in [1.82, 2.24) is 14.8 Å². The summed E-state index contributed by atoms with van der Waals surface area (Å²) in [4.78, 5) is 34.1. The number of nitrogens with zero attached hydrogens (tertiary/aromatic N) is 3. The lowest BCUT2D eigenvalue weighted by Crippen LogP contribution is -2.50. The molecule has 0 spiro atoms. The van der Waals surface area contributed by atoms with Gasteiger partial charge in [0.1, 0.15) is 11.7 Å². The van der Waals surface area contributed by atoms with Crippen molar-refractivity contribution in [2.75, 3.05) is 26.7 Å². The van der Waals surface area contributed by atoms with Crippen LogP contribution < -0.4 is 4.74 Å². The van der Waals surface area contributed by atoms with Crippen LogP contribution in [0, 0.1) is 23.7 Å². The predicted molar refractivity (Wildman–Crippen MR) is 135 cm³/mol. The normalized spacial score (nSPS) is 18.5. The van der Waals surface area contributed by atoms with Gasteiger partial charge in [-0.15, -0.1) is 0 Å². The molecule has 0 radical (unpaired) electrons. The molecule has 3 rings (SSSR count). The monoisotopic (exact) mass is 477 g/mol. The lowest BCUT2D eigenvalue weighted by atomic mass is 9.99. The Kier molecular flexibility index (Phi) is 8.89. The Labute approximate surface area is 208 Å². The number of aliphatic hydroxyl groups is 1. The number of carbonyl (C=O) groups excluding carboxylic acids is 2. The first-order valence-electron chi connectivity index (χ1n) is 12.1. The molecule has 2 amide bonds. The highest BCUT2D eigenvalue weighted by molar-refractivity contribution is 5.97. The van der Waals surface area contributed by atoms with Crippen LogP contribution >= 0.6 is 0 Å². The molecule has 0 fully saturated rings. The Morgan fingerprint density at radius 1 is 1.29 bits per heavy atom. The largest absolute Gasteiger partial charge is 0.472 e. The molecular weight excluding hydrogens is 442 g/mol. The van der Waals surface area contributed by atoms with E-state index in [1.54, 1.807) is 41.2 Å². The summed E-state index contributed by atoms with van der Waals surface area (Å²) in [5.74, 6) is 6.41. The zero-order valence-electron chi connectivity index (χ0n) is 21.2. The molecule has 0 bridgehead atoms. The molecule has 0 saturated carbocycles. The standard InChI is InChI=1S/C28H35N3O4/c1-19(2)10-9-11-22-14-24-26(29-15-22)35-25(20(3)16-31(28(24)34)21(4)18-32)17-30(5)27(33)23-12-7-6-8-13-23/h6-8,12-15,19-21,25,32H,10,16-18H2,1-5H3/t20-,21-,25+/m1/s1. The van der Waals surface area contributed by atoms with Gasteiger partial charge in [0.05, 0.1) is 19.2 Å². The first-order valence-corrected chi connectivity index (χ1v) is 12.1. The van der Waals surface area contributed by atoms with Gasteiger partial charge in [-0.3, -0.25) is 9.59 Å². The average molecular weight is 478 g/mol. The van der Waals surface area contributed by atoms with Crippen molar-refractivity contribution in [3.8, 4) is 17.7 Å². The number of rotatable bonds is 6. The Morgan fingerprint density at radius 3 is 2.66 bits per heavy atom. The van der Waals surface area contributed by atoms with Crippen LogP contribution in [0.2, 0.25) is 0 Å². The number of carbonyl (C=O) groups is 2. The van der Waals surface area contributed by atoms with E-state index in [2.05, 4.69) is 30.7 Å². The van der Waals surface area contributed by atoms with Crippen LogP contribution in [-0.2, 0) is 0 Å². The molecule has 1 aliphatic rings. The summed E-state index contributed by atoms with van der Waals surface area (Å²) in [6.45, 7) is 8.52. The summed E-state index contributed by atoms with van der Waals surface area (Å²) in [6.07, 6.45) is 1.95. The molecule has 2 aromatic rings. The van der Waals surface area contributed by atoms with Gasteiger partial charge in [-0.05, 0) is 31.0 Å². The van der Waals surface area contributed by atoms with Gasteiger partial charge in [0, 0.05) is 43.3 Å². The van der Waals surface area contributed by atoms with Gasteiger partial charge in [-0.25, -0.2) is 4.98 Å². The van der Waals surface area contributed by atoms with Gasteiger partial charge >= 0.3 is 0 Å². The Balaban J connectivity index is 1.93. The lowest BCUT2D eigenvalue weighted by Gasteiger charge is -2.37. The summed E-state index contributed by atoms with van der Waals surface area (Å²) in [5.41, 5.74) is 1.55. The number of likely N-dealkylation sites (N-methyl/N-ethyl adjacent to an activating group) is 1. The van der Waals surface area contributed by atoms with E-state index in [0.29, 0.717) is 35.7 Å². The highest BCUT2D eigenvalue weighted by atomic mass is 16.5.